The lowest BCUT2D eigenvalue weighted by atomic mass is 9.96. The topological polar surface area (TPSA) is 9.23 Å². The van der Waals surface area contributed by atoms with E-state index in [1.807, 2.05) is 0 Å². The van der Waals surface area contributed by atoms with E-state index in [0.717, 1.165) is 18.6 Å². The molecule has 1 aliphatic carbocycles. The summed E-state index contributed by atoms with van der Waals surface area (Å²) < 4.78 is 6.00. The van der Waals surface area contributed by atoms with Gasteiger partial charge in [0.15, 0.2) is 0 Å². The van der Waals surface area contributed by atoms with Gasteiger partial charge in [-0.3, -0.25) is 0 Å². The van der Waals surface area contributed by atoms with Crippen LogP contribution in [0.3, 0.4) is 0 Å². The Kier molecular flexibility index (Phi) is 2.60. The van der Waals surface area contributed by atoms with Crippen molar-refractivity contribution in [2.24, 2.45) is 0 Å². The van der Waals surface area contributed by atoms with E-state index in [1.165, 1.54) is 10.8 Å². The Morgan fingerprint density at radius 3 is 2.56 bits per heavy atom. The third-order valence-corrected chi connectivity index (χ3v) is 3.83. The molecule has 0 unspecified atom stereocenters. The van der Waals surface area contributed by atoms with Gasteiger partial charge in [-0.15, -0.1) is 0 Å². The van der Waals surface area contributed by atoms with Crippen LogP contribution in [0.5, 0.6) is 5.75 Å². The molecule has 1 aliphatic rings. The van der Waals surface area contributed by atoms with E-state index in [-0.39, 0.29) is 0 Å². The third-order valence-electron chi connectivity index (χ3n) is 3.08. The van der Waals surface area contributed by atoms with E-state index in [9.17, 15) is 0 Å². The van der Waals surface area contributed by atoms with Gasteiger partial charge in [0.2, 0.25) is 0 Å². The van der Waals surface area contributed by atoms with Gasteiger partial charge < -0.3 is 4.74 Å². The highest BCUT2D eigenvalue weighted by atomic mass is 79.9. The number of hydrogen-bond acceptors (Lipinski definition) is 1. The molecule has 0 bridgehead atoms. The minimum absolute atomic E-state index is 0.384. The molecule has 2 aromatic rings. The predicted molar refractivity (Wildman–Crippen MR) is 70.3 cm³/mol. The van der Waals surface area contributed by atoms with E-state index in [1.54, 1.807) is 0 Å². The number of hydrogen-bond donors (Lipinski definition) is 0. The van der Waals surface area contributed by atoms with Crippen molar-refractivity contribution < 1.29 is 4.74 Å². The fourth-order valence-corrected chi connectivity index (χ4v) is 2.91. The van der Waals surface area contributed by atoms with E-state index >= 15 is 0 Å². The Labute approximate surface area is 104 Å². The zero-order valence-electron chi connectivity index (χ0n) is 8.90. The van der Waals surface area contributed by atoms with E-state index < -0.39 is 0 Å². The van der Waals surface area contributed by atoms with Crippen molar-refractivity contribution in [2.75, 3.05) is 0 Å². The van der Waals surface area contributed by atoms with Gasteiger partial charge in [0.25, 0.3) is 0 Å². The molecule has 0 aromatic heterocycles. The SMILES string of the molecule is BrC1CC(Oc2cccc3ccccc23)C1. The van der Waals surface area contributed by atoms with Crippen LogP contribution in [0.1, 0.15) is 12.8 Å². The van der Waals surface area contributed by atoms with E-state index in [4.69, 9.17) is 4.74 Å². The maximum absolute atomic E-state index is 6.00. The molecule has 3 rings (SSSR count). The second-order valence-electron chi connectivity index (χ2n) is 4.29. The summed E-state index contributed by atoms with van der Waals surface area (Å²) in [5, 5.41) is 2.46. The van der Waals surface area contributed by atoms with Crippen LogP contribution in [0.2, 0.25) is 0 Å². The van der Waals surface area contributed by atoms with Gasteiger partial charge in [-0.25, -0.2) is 0 Å². The maximum atomic E-state index is 6.00. The monoisotopic (exact) mass is 276 g/mol. The molecule has 0 atom stereocenters. The highest BCUT2D eigenvalue weighted by Crippen LogP contribution is 2.33. The number of ether oxygens (including phenoxy) is 1. The standard InChI is InChI=1S/C14H13BrO/c15-11-8-12(9-11)16-14-7-3-5-10-4-1-2-6-13(10)14/h1-7,11-12H,8-9H2. The summed E-state index contributed by atoms with van der Waals surface area (Å²) >= 11 is 3.58. The van der Waals surface area contributed by atoms with Crippen LogP contribution >= 0.6 is 15.9 Å². The Bertz CT molecular complexity index is 498. The van der Waals surface area contributed by atoms with Gasteiger partial charge in [-0.05, 0) is 24.3 Å². The molecular formula is C14H13BrO. The van der Waals surface area contributed by atoms with E-state index in [0.29, 0.717) is 10.9 Å². The van der Waals surface area contributed by atoms with Crippen molar-refractivity contribution in [3.63, 3.8) is 0 Å². The molecule has 1 saturated carbocycles. The van der Waals surface area contributed by atoms with Gasteiger partial charge in [0, 0.05) is 10.2 Å². The summed E-state index contributed by atoms with van der Waals surface area (Å²) in [7, 11) is 0. The predicted octanol–water partition coefficient (Wildman–Crippen LogP) is 4.14. The van der Waals surface area contributed by atoms with Crippen molar-refractivity contribution in [1.82, 2.24) is 0 Å². The highest BCUT2D eigenvalue weighted by Gasteiger charge is 2.28. The van der Waals surface area contributed by atoms with Crippen LogP contribution in [0.15, 0.2) is 42.5 Å². The molecule has 16 heavy (non-hydrogen) atoms. The molecule has 1 fully saturated rings. The maximum Gasteiger partial charge on any atom is 0.127 e. The summed E-state index contributed by atoms with van der Waals surface area (Å²) in [6.07, 6.45) is 2.61. The molecular weight excluding hydrogens is 264 g/mol. The van der Waals surface area contributed by atoms with Crippen molar-refractivity contribution >= 4 is 26.7 Å². The van der Waals surface area contributed by atoms with Gasteiger partial charge in [0.05, 0.1) is 0 Å². The molecule has 1 nitrogen and oxygen atoms in total. The van der Waals surface area contributed by atoms with Crippen LogP contribution in [0.25, 0.3) is 10.8 Å². The van der Waals surface area contributed by atoms with Gasteiger partial charge in [-0.1, -0.05) is 52.3 Å². The average molecular weight is 277 g/mol. The van der Waals surface area contributed by atoms with Crippen LogP contribution in [-0.2, 0) is 0 Å². The summed E-state index contributed by atoms with van der Waals surface area (Å²) in [5.74, 6) is 1.02. The summed E-state index contributed by atoms with van der Waals surface area (Å²) in [5.41, 5.74) is 0. The lowest BCUT2D eigenvalue weighted by molar-refractivity contribution is 0.130. The molecule has 2 aromatic carbocycles. The van der Waals surface area contributed by atoms with Crippen LogP contribution in [-0.4, -0.2) is 10.9 Å². The fourth-order valence-electron chi connectivity index (χ4n) is 2.08. The van der Waals surface area contributed by atoms with Crippen molar-refractivity contribution in [2.45, 2.75) is 23.8 Å². The largest absolute Gasteiger partial charge is 0.490 e. The van der Waals surface area contributed by atoms with Gasteiger partial charge in [-0.2, -0.15) is 0 Å². The molecule has 0 radical (unpaired) electrons. The zero-order chi connectivity index (χ0) is 11.0. The van der Waals surface area contributed by atoms with Crippen molar-refractivity contribution in [1.29, 1.82) is 0 Å². The molecule has 82 valence electrons. The fraction of sp³-hybridized carbons (Fsp3) is 0.286. The number of fused-ring (bicyclic) bond motifs is 1. The minimum atomic E-state index is 0.384. The number of rotatable bonds is 2. The average Bonchev–Trinajstić information content (AvgIpc) is 2.27. The van der Waals surface area contributed by atoms with Crippen LogP contribution < -0.4 is 4.74 Å². The van der Waals surface area contributed by atoms with Crippen LogP contribution in [0.4, 0.5) is 0 Å². The van der Waals surface area contributed by atoms with Gasteiger partial charge >= 0.3 is 0 Å². The number of halogens is 1. The first-order valence-corrected chi connectivity index (χ1v) is 6.53. The Morgan fingerprint density at radius 1 is 1.00 bits per heavy atom. The van der Waals surface area contributed by atoms with E-state index in [2.05, 4.69) is 58.4 Å². The molecule has 0 aliphatic heterocycles. The smallest absolute Gasteiger partial charge is 0.127 e. The minimum Gasteiger partial charge on any atom is -0.490 e. The highest BCUT2D eigenvalue weighted by molar-refractivity contribution is 9.09. The lowest BCUT2D eigenvalue weighted by Crippen LogP contribution is -2.33. The third kappa shape index (κ3) is 1.82. The first-order chi connectivity index (χ1) is 7.83. The molecule has 0 spiro atoms. The Hall–Kier alpha value is -1.02. The van der Waals surface area contributed by atoms with Crippen LogP contribution in [0, 0.1) is 0 Å². The zero-order valence-corrected chi connectivity index (χ0v) is 10.5. The first kappa shape index (κ1) is 10.2. The molecule has 2 heteroatoms. The molecule has 0 heterocycles. The molecule has 0 N–H and O–H groups in total. The Morgan fingerprint density at radius 2 is 1.75 bits per heavy atom. The number of alkyl halides is 1. The molecule has 0 saturated heterocycles. The second kappa shape index (κ2) is 4.10. The van der Waals surface area contributed by atoms with Gasteiger partial charge in [0.1, 0.15) is 11.9 Å². The first-order valence-electron chi connectivity index (χ1n) is 5.61. The Balaban J connectivity index is 1.91. The molecule has 0 amide bonds. The summed E-state index contributed by atoms with van der Waals surface area (Å²) in [6, 6.07) is 14.6. The van der Waals surface area contributed by atoms with Crippen molar-refractivity contribution in [3.8, 4) is 5.75 Å². The number of benzene rings is 2. The summed E-state index contributed by atoms with van der Waals surface area (Å²) in [6.45, 7) is 0. The second-order valence-corrected chi connectivity index (χ2v) is 5.58. The normalized spacial score (nSPS) is 24.1. The van der Waals surface area contributed by atoms with Crippen molar-refractivity contribution in [3.05, 3.63) is 42.5 Å². The summed E-state index contributed by atoms with van der Waals surface area (Å²) in [4.78, 5) is 0.646. The lowest BCUT2D eigenvalue weighted by Gasteiger charge is -2.31. The quantitative estimate of drug-likeness (QED) is 0.749.